The molecule has 0 aliphatic carbocycles. The van der Waals surface area contributed by atoms with Gasteiger partial charge in [0.1, 0.15) is 5.82 Å². The number of hydrogen-bond acceptors (Lipinski definition) is 3. The van der Waals surface area contributed by atoms with Crippen LogP contribution in [0.5, 0.6) is 0 Å². The number of amides is 1. The van der Waals surface area contributed by atoms with Crippen molar-refractivity contribution in [2.45, 2.75) is 45.2 Å². The smallest absolute Gasteiger partial charge is 0.261 e. The lowest BCUT2D eigenvalue weighted by Gasteiger charge is -2.24. The first-order chi connectivity index (χ1) is 9.65. The fourth-order valence-electron chi connectivity index (χ4n) is 2.69. The lowest BCUT2D eigenvalue weighted by molar-refractivity contribution is 0.0930. The predicted octanol–water partition coefficient (Wildman–Crippen LogP) is 2.81. The maximum absolute atomic E-state index is 12.4. The van der Waals surface area contributed by atoms with E-state index >= 15 is 0 Å². The lowest BCUT2D eigenvalue weighted by Crippen LogP contribution is -2.40. The van der Waals surface area contributed by atoms with Crippen LogP contribution in [0.2, 0.25) is 0 Å². The summed E-state index contributed by atoms with van der Waals surface area (Å²) in [6, 6.07) is 2.25. The molecule has 1 N–H and O–H groups in total. The molecule has 2 aromatic rings. The number of nitrogens with one attached hydrogen (secondary N) is 1. The Morgan fingerprint density at radius 3 is 3.20 bits per heavy atom. The molecular weight excluding hydrogens is 270 g/mol. The van der Waals surface area contributed by atoms with Crippen LogP contribution in [0, 0.1) is 0 Å². The van der Waals surface area contributed by atoms with Gasteiger partial charge in [-0.1, -0.05) is 13.8 Å². The molecule has 1 aliphatic rings. The van der Waals surface area contributed by atoms with Gasteiger partial charge in [0.25, 0.3) is 5.91 Å². The van der Waals surface area contributed by atoms with Crippen molar-refractivity contribution in [2.24, 2.45) is 0 Å². The van der Waals surface area contributed by atoms with Crippen LogP contribution in [0.4, 0.5) is 0 Å². The molecule has 1 aliphatic heterocycles. The minimum atomic E-state index is 0.0669. The van der Waals surface area contributed by atoms with E-state index in [0.717, 1.165) is 35.7 Å². The molecule has 5 heteroatoms. The third-order valence-electron chi connectivity index (χ3n) is 3.79. The molecule has 0 saturated carbocycles. The van der Waals surface area contributed by atoms with Gasteiger partial charge in [-0.3, -0.25) is 4.79 Å². The molecule has 1 atom stereocenters. The van der Waals surface area contributed by atoms with E-state index in [1.54, 1.807) is 0 Å². The van der Waals surface area contributed by atoms with E-state index in [-0.39, 0.29) is 11.9 Å². The standard InChI is InChI=1S/C15H19N3OS/c1-10(2)12-5-8-20-14(12)15(19)17-11-3-4-13-16-6-7-18(13)9-11/h5-8,10-11H,3-4,9H2,1-2H3,(H,17,19). The van der Waals surface area contributed by atoms with E-state index in [4.69, 9.17) is 0 Å². The molecule has 3 heterocycles. The number of hydrogen-bond donors (Lipinski definition) is 1. The van der Waals surface area contributed by atoms with Gasteiger partial charge < -0.3 is 9.88 Å². The first-order valence-electron chi connectivity index (χ1n) is 7.03. The van der Waals surface area contributed by atoms with Gasteiger partial charge >= 0.3 is 0 Å². The van der Waals surface area contributed by atoms with Gasteiger partial charge in [0.15, 0.2) is 0 Å². The van der Waals surface area contributed by atoms with Gasteiger partial charge in [0, 0.05) is 31.4 Å². The highest BCUT2D eigenvalue weighted by molar-refractivity contribution is 7.12. The number of carbonyl (C=O) groups is 1. The molecule has 0 saturated heterocycles. The van der Waals surface area contributed by atoms with Crippen LogP contribution in [-0.2, 0) is 13.0 Å². The van der Waals surface area contributed by atoms with E-state index in [2.05, 4.69) is 34.8 Å². The normalized spacial score (nSPS) is 18.1. The van der Waals surface area contributed by atoms with Crippen LogP contribution in [-0.4, -0.2) is 21.5 Å². The van der Waals surface area contributed by atoms with Gasteiger partial charge in [-0.25, -0.2) is 4.98 Å². The van der Waals surface area contributed by atoms with Crippen LogP contribution in [0.15, 0.2) is 23.8 Å². The Morgan fingerprint density at radius 1 is 1.55 bits per heavy atom. The highest BCUT2D eigenvalue weighted by atomic mass is 32.1. The van der Waals surface area contributed by atoms with E-state index in [9.17, 15) is 4.79 Å². The average Bonchev–Trinajstić information content (AvgIpc) is 3.06. The summed E-state index contributed by atoms with van der Waals surface area (Å²) in [4.78, 5) is 17.6. The van der Waals surface area contributed by atoms with E-state index in [1.807, 2.05) is 17.8 Å². The van der Waals surface area contributed by atoms with Crippen LogP contribution in [0.1, 0.15) is 47.2 Å². The second-order valence-electron chi connectivity index (χ2n) is 5.56. The molecule has 20 heavy (non-hydrogen) atoms. The van der Waals surface area contributed by atoms with Gasteiger partial charge in [-0.2, -0.15) is 0 Å². The lowest BCUT2D eigenvalue weighted by atomic mass is 10.0. The average molecular weight is 289 g/mol. The third-order valence-corrected chi connectivity index (χ3v) is 4.72. The highest BCUT2D eigenvalue weighted by Crippen LogP contribution is 2.25. The van der Waals surface area contributed by atoms with Crippen LogP contribution >= 0.6 is 11.3 Å². The fourth-order valence-corrected chi connectivity index (χ4v) is 3.65. The van der Waals surface area contributed by atoms with Gasteiger partial charge in [-0.15, -0.1) is 11.3 Å². The zero-order chi connectivity index (χ0) is 14.1. The zero-order valence-corrected chi connectivity index (χ0v) is 12.6. The molecule has 106 valence electrons. The van der Waals surface area contributed by atoms with Crippen molar-refractivity contribution in [3.05, 3.63) is 40.1 Å². The first-order valence-corrected chi connectivity index (χ1v) is 7.91. The maximum Gasteiger partial charge on any atom is 0.261 e. The van der Waals surface area contributed by atoms with Crippen molar-refractivity contribution < 1.29 is 4.79 Å². The number of thiophene rings is 1. The molecule has 0 radical (unpaired) electrons. The van der Waals surface area contributed by atoms with E-state index in [0.29, 0.717) is 5.92 Å². The summed E-state index contributed by atoms with van der Waals surface area (Å²) in [5.74, 6) is 1.57. The SMILES string of the molecule is CC(C)c1ccsc1C(=O)NC1CCc2nccn2C1. The second-order valence-corrected chi connectivity index (χ2v) is 6.48. The number of rotatable bonds is 3. The Hall–Kier alpha value is -1.62. The monoisotopic (exact) mass is 289 g/mol. The summed E-state index contributed by atoms with van der Waals surface area (Å²) in [6.07, 6.45) is 5.71. The second kappa shape index (κ2) is 5.40. The summed E-state index contributed by atoms with van der Waals surface area (Å²) in [5, 5.41) is 5.17. The number of carbonyl (C=O) groups excluding carboxylic acids is 1. The van der Waals surface area contributed by atoms with Crippen molar-refractivity contribution in [3.63, 3.8) is 0 Å². The number of fused-ring (bicyclic) bond motifs is 1. The summed E-state index contributed by atoms with van der Waals surface area (Å²) in [6.45, 7) is 5.07. The minimum absolute atomic E-state index is 0.0669. The zero-order valence-electron chi connectivity index (χ0n) is 11.8. The Balaban J connectivity index is 1.69. The summed E-state index contributed by atoms with van der Waals surface area (Å²) < 4.78 is 2.13. The van der Waals surface area contributed by atoms with E-state index in [1.165, 1.54) is 11.3 Å². The fraction of sp³-hybridized carbons (Fsp3) is 0.467. The van der Waals surface area contributed by atoms with Gasteiger partial charge in [-0.05, 0) is 29.3 Å². The topological polar surface area (TPSA) is 46.9 Å². The Labute approximate surface area is 122 Å². The largest absolute Gasteiger partial charge is 0.347 e. The van der Waals surface area contributed by atoms with Crippen LogP contribution in [0.3, 0.4) is 0 Å². The summed E-state index contributed by atoms with van der Waals surface area (Å²) in [7, 11) is 0. The quantitative estimate of drug-likeness (QED) is 0.944. The minimum Gasteiger partial charge on any atom is -0.347 e. The first kappa shape index (κ1) is 13.4. The van der Waals surface area contributed by atoms with Crippen LogP contribution < -0.4 is 5.32 Å². The van der Waals surface area contributed by atoms with Crippen molar-refractivity contribution >= 4 is 17.2 Å². The molecule has 2 aromatic heterocycles. The molecule has 0 bridgehead atoms. The van der Waals surface area contributed by atoms with Crippen molar-refractivity contribution in [3.8, 4) is 0 Å². The molecule has 0 spiro atoms. The number of nitrogens with zero attached hydrogens (tertiary/aromatic N) is 2. The number of aryl methyl sites for hydroxylation is 1. The summed E-state index contributed by atoms with van der Waals surface area (Å²) in [5.41, 5.74) is 1.15. The summed E-state index contributed by atoms with van der Waals surface area (Å²) >= 11 is 1.53. The maximum atomic E-state index is 12.4. The van der Waals surface area contributed by atoms with Gasteiger partial charge in [0.05, 0.1) is 4.88 Å². The van der Waals surface area contributed by atoms with Crippen molar-refractivity contribution in [1.29, 1.82) is 0 Å². The Bertz CT molecular complexity index is 614. The Morgan fingerprint density at radius 2 is 2.40 bits per heavy atom. The Kier molecular flexibility index (Phi) is 3.61. The molecule has 0 aromatic carbocycles. The van der Waals surface area contributed by atoms with Crippen molar-refractivity contribution in [1.82, 2.24) is 14.9 Å². The molecule has 1 amide bonds. The van der Waals surface area contributed by atoms with Gasteiger partial charge in [0.2, 0.25) is 0 Å². The molecule has 4 nitrogen and oxygen atoms in total. The third kappa shape index (κ3) is 2.50. The molecule has 3 rings (SSSR count). The molecule has 1 unspecified atom stereocenters. The predicted molar refractivity (Wildman–Crippen MR) is 80.2 cm³/mol. The van der Waals surface area contributed by atoms with Crippen molar-refractivity contribution in [2.75, 3.05) is 0 Å². The van der Waals surface area contributed by atoms with E-state index < -0.39 is 0 Å². The molecular formula is C15H19N3OS. The number of aromatic nitrogens is 2. The molecule has 0 fully saturated rings. The number of imidazole rings is 1. The highest BCUT2D eigenvalue weighted by Gasteiger charge is 2.23. The van der Waals surface area contributed by atoms with Crippen LogP contribution in [0.25, 0.3) is 0 Å².